The third-order valence-electron chi connectivity index (χ3n) is 3.72. The topological polar surface area (TPSA) is 41.1 Å². The highest BCUT2D eigenvalue weighted by Crippen LogP contribution is 2.24. The Bertz CT molecular complexity index is 554. The number of likely N-dealkylation sites (N-methyl/N-ethyl adjacent to an activating group) is 1. The van der Waals surface area contributed by atoms with Crippen LogP contribution < -0.4 is 10.6 Å². The van der Waals surface area contributed by atoms with Crippen LogP contribution in [0.5, 0.6) is 0 Å². The summed E-state index contributed by atoms with van der Waals surface area (Å²) in [7, 11) is 1.88. The van der Waals surface area contributed by atoms with Gasteiger partial charge in [-0.1, -0.05) is 60.7 Å². The summed E-state index contributed by atoms with van der Waals surface area (Å²) in [6.07, 6.45) is 1.40. The fourth-order valence-corrected chi connectivity index (χ4v) is 2.55. The van der Waals surface area contributed by atoms with Crippen molar-refractivity contribution in [2.24, 2.45) is 0 Å². The van der Waals surface area contributed by atoms with Crippen LogP contribution in [0.4, 0.5) is 0 Å². The van der Waals surface area contributed by atoms with Crippen molar-refractivity contribution in [2.45, 2.75) is 18.8 Å². The van der Waals surface area contributed by atoms with Gasteiger partial charge in [0.1, 0.15) is 0 Å². The van der Waals surface area contributed by atoms with Crippen molar-refractivity contribution in [1.29, 1.82) is 0 Å². The fraction of sp³-hybridized carbons (Fsp3) is 0.316. The molecule has 2 rings (SSSR count). The molecule has 2 N–H and O–H groups in total. The summed E-state index contributed by atoms with van der Waals surface area (Å²) in [4.78, 5) is 12.2. The molecule has 2 aromatic rings. The maximum Gasteiger partial charge on any atom is 0.220 e. The van der Waals surface area contributed by atoms with E-state index in [4.69, 9.17) is 0 Å². The van der Waals surface area contributed by atoms with Gasteiger partial charge in [0.25, 0.3) is 0 Å². The van der Waals surface area contributed by atoms with Gasteiger partial charge in [-0.05, 0) is 30.5 Å². The number of carbonyl (C=O) groups is 1. The Hall–Kier alpha value is -2.13. The fourth-order valence-electron chi connectivity index (χ4n) is 2.55. The molecule has 0 aliphatic carbocycles. The second-order valence-electron chi connectivity index (χ2n) is 5.45. The van der Waals surface area contributed by atoms with E-state index in [-0.39, 0.29) is 11.8 Å². The number of amides is 1. The van der Waals surface area contributed by atoms with Gasteiger partial charge in [-0.2, -0.15) is 0 Å². The lowest BCUT2D eigenvalue weighted by atomic mass is 9.89. The molecule has 0 aliphatic heterocycles. The molecule has 0 heterocycles. The van der Waals surface area contributed by atoms with Crippen LogP contribution in [0.15, 0.2) is 60.7 Å². The number of benzene rings is 2. The van der Waals surface area contributed by atoms with Crippen LogP contribution in [-0.4, -0.2) is 26.0 Å². The average molecular weight is 296 g/mol. The summed E-state index contributed by atoms with van der Waals surface area (Å²) in [5, 5.41) is 6.00. The zero-order valence-corrected chi connectivity index (χ0v) is 13.1. The van der Waals surface area contributed by atoms with Crippen LogP contribution in [0, 0.1) is 0 Å². The van der Waals surface area contributed by atoms with E-state index in [9.17, 15) is 4.79 Å². The van der Waals surface area contributed by atoms with Crippen LogP contribution in [0.3, 0.4) is 0 Å². The average Bonchev–Trinajstić information content (AvgIpc) is 2.56. The van der Waals surface area contributed by atoms with Crippen molar-refractivity contribution in [2.75, 3.05) is 20.1 Å². The van der Waals surface area contributed by atoms with Crippen LogP contribution >= 0.6 is 0 Å². The molecule has 0 aliphatic rings. The second kappa shape index (κ2) is 9.00. The molecule has 0 bridgehead atoms. The van der Waals surface area contributed by atoms with Gasteiger partial charge in [0.15, 0.2) is 0 Å². The molecule has 3 nitrogen and oxygen atoms in total. The second-order valence-corrected chi connectivity index (χ2v) is 5.45. The molecule has 1 unspecified atom stereocenters. The number of hydrogen-bond donors (Lipinski definition) is 2. The maximum atomic E-state index is 12.2. The predicted molar refractivity (Wildman–Crippen MR) is 90.9 cm³/mol. The van der Waals surface area contributed by atoms with Crippen molar-refractivity contribution in [1.82, 2.24) is 10.6 Å². The first-order valence-electron chi connectivity index (χ1n) is 7.79. The summed E-state index contributed by atoms with van der Waals surface area (Å²) in [6, 6.07) is 20.6. The molecule has 116 valence electrons. The van der Waals surface area contributed by atoms with Crippen molar-refractivity contribution >= 4 is 5.91 Å². The molecule has 0 radical (unpaired) electrons. The highest BCUT2D eigenvalue weighted by molar-refractivity contribution is 5.76. The first-order chi connectivity index (χ1) is 10.8. The molecule has 0 saturated carbocycles. The summed E-state index contributed by atoms with van der Waals surface area (Å²) in [5.41, 5.74) is 2.48. The van der Waals surface area contributed by atoms with Crippen molar-refractivity contribution in [3.63, 3.8) is 0 Å². The Morgan fingerprint density at radius 2 is 1.59 bits per heavy atom. The lowest BCUT2D eigenvalue weighted by molar-refractivity contribution is -0.121. The third kappa shape index (κ3) is 5.34. The highest BCUT2D eigenvalue weighted by Gasteiger charge is 2.16. The number of hydrogen-bond acceptors (Lipinski definition) is 2. The lowest BCUT2D eigenvalue weighted by Gasteiger charge is -2.17. The Morgan fingerprint density at radius 3 is 2.23 bits per heavy atom. The summed E-state index contributed by atoms with van der Waals surface area (Å²) in [5.74, 6) is 0.318. The molecule has 22 heavy (non-hydrogen) atoms. The van der Waals surface area contributed by atoms with E-state index < -0.39 is 0 Å². The largest absolute Gasteiger partial charge is 0.355 e. The van der Waals surface area contributed by atoms with Gasteiger partial charge in [-0.3, -0.25) is 4.79 Å². The Kier molecular flexibility index (Phi) is 6.65. The number of carbonyl (C=O) groups excluding carboxylic acids is 1. The minimum Gasteiger partial charge on any atom is -0.355 e. The first-order valence-corrected chi connectivity index (χ1v) is 7.79. The van der Waals surface area contributed by atoms with Gasteiger partial charge >= 0.3 is 0 Å². The van der Waals surface area contributed by atoms with Crippen LogP contribution in [-0.2, 0) is 11.2 Å². The summed E-state index contributed by atoms with van der Waals surface area (Å²) in [6.45, 7) is 1.46. The Labute approximate surface area is 132 Å². The van der Waals surface area contributed by atoms with E-state index in [0.717, 1.165) is 13.0 Å². The molecular weight excluding hydrogens is 272 g/mol. The van der Waals surface area contributed by atoms with Gasteiger partial charge in [0, 0.05) is 19.5 Å². The molecule has 1 atom stereocenters. The van der Waals surface area contributed by atoms with Crippen LogP contribution in [0.1, 0.15) is 23.5 Å². The van der Waals surface area contributed by atoms with E-state index in [0.29, 0.717) is 13.0 Å². The summed E-state index contributed by atoms with van der Waals surface area (Å²) < 4.78 is 0. The van der Waals surface area contributed by atoms with Crippen LogP contribution in [0.25, 0.3) is 0 Å². The van der Waals surface area contributed by atoms with E-state index in [1.165, 1.54) is 11.1 Å². The van der Waals surface area contributed by atoms with Gasteiger partial charge < -0.3 is 10.6 Å². The maximum absolute atomic E-state index is 12.2. The highest BCUT2D eigenvalue weighted by atomic mass is 16.1. The van der Waals surface area contributed by atoms with E-state index in [1.54, 1.807) is 0 Å². The predicted octanol–water partition coefficient (Wildman–Crippen LogP) is 2.74. The van der Waals surface area contributed by atoms with Crippen molar-refractivity contribution < 1.29 is 4.79 Å². The van der Waals surface area contributed by atoms with Gasteiger partial charge in [-0.25, -0.2) is 0 Å². The monoisotopic (exact) mass is 296 g/mol. The van der Waals surface area contributed by atoms with Gasteiger partial charge in [-0.15, -0.1) is 0 Å². The molecule has 3 heteroatoms. The lowest BCUT2D eigenvalue weighted by Crippen LogP contribution is -2.31. The van der Waals surface area contributed by atoms with E-state index >= 15 is 0 Å². The number of nitrogens with one attached hydrogen (secondary N) is 2. The molecule has 0 aromatic heterocycles. The Balaban J connectivity index is 2.04. The Morgan fingerprint density at radius 1 is 0.955 bits per heavy atom. The molecule has 0 spiro atoms. The van der Waals surface area contributed by atoms with Crippen molar-refractivity contribution in [3.8, 4) is 0 Å². The zero-order valence-electron chi connectivity index (χ0n) is 13.1. The normalized spacial score (nSPS) is 11.9. The first kappa shape index (κ1) is 16.2. The van der Waals surface area contributed by atoms with Gasteiger partial charge in [0.2, 0.25) is 5.91 Å². The quantitative estimate of drug-likeness (QED) is 0.735. The standard InChI is InChI=1S/C19H24N2O/c1-20-12-13-21-19(22)15-18(17-10-6-3-7-11-17)14-16-8-4-2-5-9-16/h2-11,18,20H,12-15H2,1H3,(H,21,22). The van der Waals surface area contributed by atoms with Gasteiger partial charge in [0.05, 0.1) is 0 Å². The van der Waals surface area contributed by atoms with E-state index in [2.05, 4.69) is 34.9 Å². The summed E-state index contributed by atoms with van der Waals surface area (Å²) >= 11 is 0. The molecule has 1 amide bonds. The third-order valence-corrected chi connectivity index (χ3v) is 3.72. The smallest absolute Gasteiger partial charge is 0.220 e. The molecular formula is C19H24N2O. The number of rotatable bonds is 8. The van der Waals surface area contributed by atoms with Crippen molar-refractivity contribution in [3.05, 3.63) is 71.8 Å². The SMILES string of the molecule is CNCCNC(=O)CC(Cc1ccccc1)c1ccccc1. The minimum absolute atomic E-state index is 0.111. The molecule has 2 aromatic carbocycles. The molecule has 0 fully saturated rings. The zero-order chi connectivity index (χ0) is 15.6. The van der Waals surface area contributed by atoms with Crippen LogP contribution in [0.2, 0.25) is 0 Å². The molecule has 0 saturated heterocycles. The van der Waals surface area contributed by atoms with E-state index in [1.807, 2.05) is 43.4 Å². The minimum atomic E-state index is 0.111.